The molecule has 2 bridgehead atoms. The van der Waals surface area contributed by atoms with Gasteiger partial charge in [0.1, 0.15) is 12.4 Å². The molecule has 0 radical (unpaired) electrons. The molecular formula is C28H26N2O2. The van der Waals surface area contributed by atoms with Gasteiger partial charge in [0.2, 0.25) is 0 Å². The Labute approximate surface area is 188 Å². The molecule has 2 heterocycles. The zero-order valence-corrected chi connectivity index (χ0v) is 18.0. The fourth-order valence-corrected chi connectivity index (χ4v) is 5.98. The van der Waals surface area contributed by atoms with Gasteiger partial charge < -0.3 is 9.15 Å². The summed E-state index contributed by atoms with van der Waals surface area (Å²) in [6.07, 6.45) is 10.3. The van der Waals surface area contributed by atoms with E-state index >= 15 is 0 Å². The summed E-state index contributed by atoms with van der Waals surface area (Å²) in [7, 11) is 0. The summed E-state index contributed by atoms with van der Waals surface area (Å²) in [5.41, 5.74) is 4.91. The minimum Gasteiger partial charge on any atom is -0.487 e. The van der Waals surface area contributed by atoms with E-state index < -0.39 is 0 Å². The summed E-state index contributed by atoms with van der Waals surface area (Å²) in [6, 6.07) is 23.6. The number of aromatic nitrogens is 2. The van der Waals surface area contributed by atoms with Crippen molar-refractivity contribution in [1.29, 1.82) is 0 Å². The van der Waals surface area contributed by atoms with Gasteiger partial charge in [0.15, 0.2) is 12.2 Å². The zero-order valence-electron chi connectivity index (χ0n) is 18.0. The first-order valence-electron chi connectivity index (χ1n) is 11.4. The van der Waals surface area contributed by atoms with Crippen molar-refractivity contribution in [2.75, 3.05) is 0 Å². The van der Waals surface area contributed by atoms with E-state index in [1.165, 1.54) is 43.2 Å². The van der Waals surface area contributed by atoms with Gasteiger partial charge in [-0.2, -0.15) is 0 Å². The van der Waals surface area contributed by atoms with E-state index in [0.29, 0.717) is 12.5 Å². The number of pyridine rings is 1. The normalized spacial score (nSPS) is 24.0. The summed E-state index contributed by atoms with van der Waals surface area (Å²) >= 11 is 0. The Morgan fingerprint density at radius 3 is 2.38 bits per heavy atom. The van der Waals surface area contributed by atoms with Crippen molar-refractivity contribution in [1.82, 2.24) is 9.97 Å². The van der Waals surface area contributed by atoms with Crippen LogP contribution in [0.3, 0.4) is 0 Å². The molecule has 0 spiro atoms. The molecule has 160 valence electrons. The van der Waals surface area contributed by atoms with E-state index in [1.54, 1.807) is 12.4 Å². The van der Waals surface area contributed by atoms with Crippen molar-refractivity contribution in [3.8, 4) is 17.1 Å². The molecule has 0 saturated heterocycles. The summed E-state index contributed by atoms with van der Waals surface area (Å²) in [5, 5.41) is 0. The van der Waals surface area contributed by atoms with Crippen molar-refractivity contribution in [3.63, 3.8) is 0 Å². The third-order valence-corrected chi connectivity index (χ3v) is 7.45. The lowest BCUT2D eigenvalue weighted by Gasteiger charge is -2.39. The van der Waals surface area contributed by atoms with Crippen LogP contribution in [0.4, 0.5) is 0 Å². The molecule has 2 aliphatic rings. The molecule has 4 aromatic rings. The van der Waals surface area contributed by atoms with E-state index in [4.69, 9.17) is 9.15 Å². The number of ether oxygens (including phenoxy) is 1. The second kappa shape index (κ2) is 7.94. The van der Waals surface area contributed by atoms with Crippen LogP contribution in [0.25, 0.3) is 11.3 Å². The third-order valence-electron chi connectivity index (χ3n) is 7.45. The van der Waals surface area contributed by atoms with Gasteiger partial charge in [-0.25, -0.2) is 4.98 Å². The van der Waals surface area contributed by atoms with Crippen molar-refractivity contribution in [2.24, 2.45) is 11.8 Å². The highest BCUT2D eigenvalue weighted by atomic mass is 16.5. The van der Waals surface area contributed by atoms with Gasteiger partial charge in [0.25, 0.3) is 0 Å². The standard InChI is InChI=1S/C28H26N2O2/c1-2-14-30-25(3-1)18-31-26-12-10-23(11-13-26)28(16-20-4-7-24(28)15-20)22-8-5-21(6-9-22)27-17-29-19-32-27/h1-3,5-6,8-14,17,19-20,24H,4,7,15-16,18H2. The third kappa shape index (κ3) is 3.31. The van der Waals surface area contributed by atoms with Crippen molar-refractivity contribution >= 4 is 0 Å². The Kier molecular flexibility index (Phi) is 4.79. The lowest BCUT2D eigenvalue weighted by Crippen LogP contribution is -2.33. The second-order valence-corrected chi connectivity index (χ2v) is 9.13. The SMILES string of the molecule is c1ccc(COc2ccc(C3(c4ccc(-c5cnco5)cc4)CC4CCC3C4)cc2)nc1. The van der Waals surface area contributed by atoms with Gasteiger partial charge in [-0.05, 0) is 66.5 Å². The molecule has 3 atom stereocenters. The molecule has 2 aliphatic carbocycles. The molecule has 4 heteroatoms. The zero-order chi connectivity index (χ0) is 21.4. The van der Waals surface area contributed by atoms with Gasteiger partial charge in [0, 0.05) is 17.2 Å². The molecule has 2 saturated carbocycles. The van der Waals surface area contributed by atoms with Gasteiger partial charge in [-0.3, -0.25) is 4.98 Å². The van der Waals surface area contributed by atoms with E-state index in [0.717, 1.165) is 28.7 Å². The maximum atomic E-state index is 5.99. The van der Waals surface area contributed by atoms with E-state index in [1.807, 2.05) is 18.2 Å². The minimum atomic E-state index is 0.0857. The Balaban J connectivity index is 1.29. The highest BCUT2D eigenvalue weighted by Gasteiger charge is 2.52. The van der Waals surface area contributed by atoms with Crippen LogP contribution in [0.2, 0.25) is 0 Å². The Hall–Kier alpha value is -3.40. The molecule has 0 amide bonds. The predicted octanol–water partition coefficient (Wildman–Crippen LogP) is 6.42. The highest BCUT2D eigenvalue weighted by molar-refractivity contribution is 5.58. The monoisotopic (exact) mass is 422 g/mol. The van der Waals surface area contributed by atoms with Crippen molar-refractivity contribution in [2.45, 2.75) is 37.7 Å². The predicted molar refractivity (Wildman–Crippen MR) is 123 cm³/mol. The highest BCUT2D eigenvalue weighted by Crippen LogP contribution is 2.60. The molecule has 6 rings (SSSR count). The first-order valence-corrected chi connectivity index (χ1v) is 11.4. The van der Waals surface area contributed by atoms with Crippen molar-refractivity contribution in [3.05, 3.63) is 102 Å². The van der Waals surface area contributed by atoms with Gasteiger partial charge in [0.05, 0.1) is 11.9 Å². The van der Waals surface area contributed by atoms with Crippen LogP contribution in [-0.2, 0) is 12.0 Å². The smallest absolute Gasteiger partial charge is 0.181 e. The summed E-state index contributed by atoms with van der Waals surface area (Å²) in [5.74, 6) is 3.23. The molecule has 2 aromatic carbocycles. The number of benzene rings is 2. The van der Waals surface area contributed by atoms with Crippen LogP contribution in [0, 0.1) is 11.8 Å². The first kappa shape index (κ1) is 19.3. The van der Waals surface area contributed by atoms with Crippen LogP contribution in [0.15, 0.2) is 89.9 Å². The summed E-state index contributed by atoms with van der Waals surface area (Å²) < 4.78 is 11.5. The molecular weight excluding hydrogens is 396 g/mol. The van der Waals surface area contributed by atoms with E-state index in [-0.39, 0.29) is 5.41 Å². The molecule has 0 aliphatic heterocycles. The van der Waals surface area contributed by atoms with E-state index in [2.05, 4.69) is 58.5 Å². The lowest BCUT2D eigenvalue weighted by molar-refractivity contribution is 0.299. The van der Waals surface area contributed by atoms with Crippen LogP contribution >= 0.6 is 0 Å². The first-order chi connectivity index (χ1) is 15.8. The maximum absolute atomic E-state index is 5.99. The fourth-order valence-electron chi connectivity index (χ4n) is 5.98. The summed E-state index contributed by atoms with van der Waals surface area (Å²) in [4.78, 5) is 8.39. The topological polar surface area (TPSA) is 48.2 Å². The lowest BCUT2D eigenvalue weighted by atomic mass is 9.64. The minimum absolute atomic E-state index is 0.0857. The Bertz CT molecular complexity index is 1170. The van der Waals surface area contributed by atoms with Crippen LogP contribution in [0.1, 0.15) is 42.5 Å². The van der Waals surface area contributed by atoms with Crippen LogP contribution in [0.5, 0.6) is 5.75 Å². The number of nitrogens with zero attached hydrogens (tertiary/aromatic N) is 2. The molecule has 3 unspecified atom stereocenters. The average Bonchev–Trinajstić information content (AvgIpc) is 3.62. The quantitative estimate of drug-likeness (QED) is 0.360. The number of fused-ring (bicyclic) bond motifs is 2. The number of oxazole rings is 1. The molecule has 2 fully saturated rings. The average molecular weight is 423 g/mol. The molecule has 2 aromatic heterocycles. The molecule has 32 heavy (non-hydrogen) atoms. The van der Waals surface area contributed by atoms with Crippen LogP contribution in [-0.4, -0.2) is 9.97 Å². The Morgan fingerprint density at radius 2 is 1.75 bits per heavy atom. The number of hydrogen-bond acceptors (Lipinski definition) is 4. The van der Waals surface area contributed by atoms with Gasteiger partial charge in [-0.1, -0.05) is 48.9 Å². The number of rotatable bonds is 6. The van der Waals surface area contributed by atoms with E-state index in [9.17, 15) is 0 Å². The summed E-state index contributed by atoms with van der Waals surface area (Å²) in [6.45, 7) is 0.485. The fraction of sp³-hybridized carbons (Fsp3) is 0.286. The largest absolute Gasteiger partial charge is 0.487 e. The van der Waals surface area contributed by atoms with Gasteiger partial charge in [-0.15, -0.1) is 0 Å². The Morgan fingerprint density at radius 1 is 0.938 bits per heavy atom. The maximum Gasteiger partial charge on any atom is 0.181 e. The molecule has 4 nitrogen and oxygen atoms in total. The molecule has 0 N–H and O–H groups in total. The second-order valence-electron chi connectivity index (χ2n) is 9.13. The van der Waals surface area contributed by atoms with Gasteiger partial charge >= 0.3 is 0 Å². The van der Waals surface area contributed by atoms with Crippen LogP contribution < -0.4 is 4.74 Å². The number of hydrogen-bond donors (Lipinski definition) is 0. The van der Waals surface area contributed by atoms with Crippen molar-refractivity contribution < 1.29 is 9.15 Å².